The van der Waals surface area contributed by atoms with E-state index < -0.39 is 22.1 Å². The summed E-state index contributed by atoms with van der Waals surface area (Å²) in [4.78, 5) is 23.4. The van der Waals surface area contributed by atoms with E-state index in [0.717, 1.165) is 16.7 Å². The molecule has 47 heavy (non-hydrogen) atoms. The van der Waals surface area contributed by atoms with Crippen molar-refractivity contribution in [2.24, 2.45) is 4.99 Å². The number of carbonyl (C=O) groups excluding carboxylic acids is 1. The molecule has 0 N–H and O–H groups in total. The van der Waals surface area contributed by atoms with Crippen LogP contribution in [0.1, 0.15) is 69.0 Å². The highest BCUT2D eigenvalue weighted by Gasteiger charge is 2.45. The van der Waals surface area contributed by atoms with Gasteiger partial charge in [0.15, 0.2) is 0 Å². The number of rotatable bonds is 7. The highest BCUT2D eigenvalue weighted by molar-refractivity contribution is 7.89. The highest BCUT2D eigenvalue weighted by atomic mass is 35.5. The third-order valence-electron chi connectivity index (χ3n) is 8.38. The number of benzene rings is 3. The van der Waals surface area contributed by atoms with Crippen LogP contribution in [-0.2, 0) is 15.4 Å². The summed E-state index contributed by atoms with van der Waals surface area (Å²) in [5.74, 6) is 0.995. The van der Waals surface area contributed by atoms with Gasteiger partial charge in [-0.05, 0) is 72.4 Å². The number of hydrogen-bond acceptors (Lipinski definition) is 5. The number of nitrogens with zero attached hydrogens (tertiary/aromatic N) is 4. The number of aliphatic imine (C=N–C) groups is 1. The Morgan fingerprint density at radius 1 is 0.894 bits per heavy atom. The molecule has 0 unspecified atom stereocenters. The standard InChI is InChI=1S/C34H39Cl3N4O4S.ClH/c1-6-45-29-21-27(34(3,4)5)28(37)20-26(29)32-38-30(22-8-12-24(35)13-9-22)31(23-10-14-25(36)15-11-23)41(32)33(42)39-16-18-40(19-17-39)46(43,44)7-2;/h8-15,20-21,30-31H,6-7,16-19H2,1-5H3;1H/t30-,31+;/m0./s1. The van der Waals surface area contributed by atoms with Gasteiger partial charge in [0.25, 0.3) is 0 Å². The first-order chi connectivity index (χ1) is 21.7. The van der Waals surface area contributed by atoms with Crippen molar-refractivity contribution in [2.45, 2.75) is 52.1 Å². The average Bonchev–Trinajstić information content (AvgIpc) is 3.42. The molecule has 0 spiro atoms. The highest BCUT2D eigenvalue weighted by Crippen LogP contribution is 2.46. The fourth-order valence-electron chi connectivity index (χ4n) is 5.92. The van der Waals surface area contributed by atoms with Crippen molar-refractivity contribution in [1.29, 1.82) is 0 Å². The summed E-state index contributed by atoms with van der Waals surface area (Å²) in [6, 6.07) is 17.3. The number of urea groups is 1. The molecule has 1 fully saturated rings. The van der Waals surface area contributed by atoms with Crippen LogP contribution in [0.2, 0.25) is 15.1 Å². The molecular weight excluding hydrogens is 702 g/mol. The Morgan fingerprint density at radius 3 is 1.96 bits per heavy atom. The Balaban J connectivity index is 0.00000500. The Labute approximate surface area is 299 Å². The molecule has 3 aromatic rings. The lowest BCUT2D eigenvalue weighted by molar-refractivity contribution is 0.143. The van der Waals surface area contributed by atoms with Crippen LogP contribution in [0.3, 0.4) is 0 Å². The van der Waals surface area contributed by atoms with Crippen molar-refractivity contribution in [3.05, 3.63) is 98.0 Å². The number of halogens is 4. The van der Waals surface area contributed by atoms with Gasteiger partial charge in [-0.2, -0.15) is 4.31 Å². The van der Waals surface area contributed by atoms with Gasteiger partial charge in [0, 0.05) is 41.2 Å². The molecule has 0 bridgehead atoms. The first-order valence-electron chi connectivity index (χ1n) is 15.4. The van der Waals surface area contributed by atoms with E-state index in [1.54, 1.807) is 28.9 Å². The third-order valence-corrected chi connectivity index (χ3v) is 11.1. The number of hydrogen-bond donors (Lipinski definition) is 0. The minimum atomic E-state index is -3.38. The van der Waals surface area contributed by atoms with Crippen LogP contribution in [0.4, 0.5) is 4.79 Å². The topological polar surface area (TPSA) is 82.5 Å². The second kappa shape index (κ2) is 14.9. The number of amidine groups is 1. The SMILES string of the molecule is CCOc1cc(C(C)(C)C)c(Cl)cc1C1=N[C@@H](c2ccc(Cl)cc2)[C@@H](c2ccc(Cl)cc2)N1C(=O)N1CCN(S(=O)(=O)CC)CC1.Cl. The molecule has 8 nitrogen and oxygen atoms in total. The molecule has 2 atom stereocenters. The summed E-state index contributed by atoms with van der Waals surface area (Å²) in [7, 11) is -3.38. The van der Waals surface area contributed by atoms with Crippen molar-refractivity contribution in [3.63, 3.8) is 0 Å². The lowest BCUT2D eigenvalue weighted by Crippen LogP contribution is -2.55. The molecule has 2 amide bonds. The summed E-state index contributed by atoms with van der Waals surface area (Å²) in [6.07, 6.45) is 0. The van der Waals surface area contributed by atoms with Gasteiger partial charge in [-0.15, -0.1) is 12.4 Å². The van der Waals surface area contributed by atoms with Crippen LogP contribution >= 0.6 is 47.2 Å². The maximum absolute atomic E-state index is 14.8. The molecular formula is C34H40Cl4N4O4S. The molecule has 2 heterocycles. The molecule has 0 aromatic heterocycles. The van der Waals surface area contributed by atoms with Crippen LogP contribution in [0, 0.1) is 0 Å². The van der Waals surface area contributed by atoms with E-state index in [2.05, 4.69) is 20.8 Å². The summed E-state index contributed by atoms with van der Waals surface area (Å²) < 4.78 is 32.8. The van der Waals surface area contributed by atoms with E-state index in [4.69, 9.17) is 44.5 Å². The van der Waals surface area contributed by atoms with Crippen LogP contribution in [0.15, 0.2) is 65.7 Å². The van der Waals surface area contributed by atoms with Gasteiger partial charge in [0.05, 0.1) is 24.0 Å². The molecule has 0 radical (unpaired) electrons. The lowest BCUT2D eigenvalue weighted by Gasteiger charge is -2.38. The Hall–Kier alpha value is -2.53. The first-order valence-corrected chi connectivity index (χ1v) is 18.1. The van der Waals surface area contributed by atoms with Crippen molar-refractivity contribution >= 4 is 69.1 Å². The van der Waals surface area contributed by atoms with Gasteiger partial charge < -0.3 is 9.64 Å². The minimum Gasteiger partial charge on any atom is -0.493 e. The van der Waals surface area contributed by atoms with Crippen LogP contribution < -0.4 is 4.74 Å². The zero-order valence-corrected chi connectivity index (χ0v) is 30.9. The number of piperazine rings is 1. The maximum Gasteiger partial charge on any atom is 0.326 e. The number of sulfonamides is 1. The van der Waals surface area contributed by atoms with Gasteiger partial charge in [-0.3, -0.25) is 9.89 Å². The molecule has 3 aromatic carbocycles. The quantitative estimate of drug-likeness (QED) is 0.244. The van der Waals surface area contributed by atoms with Gasteiger partial charge in [-0.1, -0.05) is 79.8 Å². The predicted octanol–water partition coefficient (Wildman–Crippen LogP) is 8.40. The van der Waals surface area contributed by atoms with Gasteiger partial charge in [0.2, 0.25) is 10.0 Å². The Bertz CT molecular complexity index is 1720. The fraction of sp³-hybridized carbons (Fsp3) is 0.412. The largest absolute Gasteiger partial charge is 0.493 e. The van der Waals surface area contributed by atoms with E-state index >= 15 is 0 Å². The summed E-state index contributed by atoms with van der Waals surface area (Å²) in [6.45, 7) is 11.1. The normalized spacial score (nSPS) is 18.9. The first kappa shape index (κ1) is 37.3. The van der Waals surface area contributed by atoms with Crippen LogP contribution in [0.25, 0.3) is 0 Å². The molecule has 1 saturated heterocycles. The van der Waals surface area contributed by atoms with Crippen molar-refractivity contribution in [1.82, 2.24) is 14.1 Å². The molecule has 2 aliphatic heterocycles. The monoisotopic (exact) mass is 740 g/mol. The van der Waals surface area contributed by atoms with Gasteiger partial charge in [-0.25, -0.2) is 13.2 Å². The number of carbonyl (C=O) groups is 1. The van der Waals surface area contributed by atoms with Crippen LogP contribution in [-0.4, -0.2) is 72.9 Å². The zero-order chi connectivity index (χ0) is 33.4. The molecule has 0 saturated carbocycles. The Morgan fingerprint density at radius 2 is 1.45 bits per heavy atom. The summed E-state index contributed by atoms with van der Waals surface area (Å²) in [5, 5.41) is 1.70. The predicted molar refractivity (Wildman–Crippen MR) is 193 cm³/mol. The minimum absolute atomic E-state index is 0. The van der Waals surface area contributed by atoms with Crippen LogP contribution in [0.5, 0.6) is 5.75 Å². The second-order valence-electron chi connectivity index (χ2n) is 12.4. The van der Waals surface area contributed by atoms with E-state index in [1.807, 2.05) is 55.5 Å². The molecule has 5 rings (SSSR count). The van der Waals surface area contributed by atoms with E-state index in [1.165, 1.54) is 4.31 Å². The fourth-order valence-corrected chi connectivity index (χ4v) is 7.71. The van der Waals surface area contributed by atoms with E-state index in [0.29, 0.717) is 38.8 Å². The molecule has 13 heteroatoms. The third kappa shape index (κ3) is 7.87. The van der Waals surface area contributed by atoms with Crippen molar-refractivity contribution < 1.29 is 17.9 Å². The molecule has 0 aliphatic carbocycles. The number of ether oxygens (including phenoxy) is 1. The summed E-state index contributed by atoms with van der Waals surface area (Å²) >= 11 is 19.5. The Kier molecular flexibility index (Phi) is 11.8. The smallest absolute Gasteiger partial charge is 0.326 e. The molecule has 2 aliphatic rings. The maximum atomic E-state index is 14.8. The van der Waals surface area contributed by atoms with Crippen molar-refractivity contribution in [2.75, 3.05) is 38.5 Å². The van der Waals surface area contributed by atoms with E-state index in [9.17, 15) is 13.2 Å². The van der Waals surface area contributed by atoms with E-state index in [-0.39, 0.29) is 55.8 Å². The summed E-state index contributed by atoms with van der Waals surface area (Å²) in [5.41, 5.74) is 2.95. The van der Waals surface area contributed by atoms with Gasteiger partial charge in [0.1, 0.15) is 17.6 Å². The van der Waals surface area contributed by atoms with Gasteiger partial charge >= 0.3 is 6.03 Å². The van der Waals surface area contributed by atoms with Crippen molar-refractivity contribution in [3.8, 4) is 5.75 Å². The second-order valence-corrected chi connectivity index (χ2v) is 15.9. The number of amides is 2. The lowest BCUT2D eigenvalue weighted by atomic mass is 9.86. The average molecular weight is 743 g/mol. The molecule has 254 valence electrons. The zero-order valence-electron chi connectivity index (χ0n) is 27.0.